The van der Waals surface area contributed by atoms with Gasteiger partial charge in [0.1, 0.15) is 0 Å². The Bertz CT molecular complexity index is 679. The Hall–Kier alpha value is -2.45. The van der Waals surface area contributed by atoms with Gasteiger partial charge in [0.25, 0.3) is 0 Å². The molecule has 2 rings (SSSR count). The first kappa shape index (κ1) is 20.9. The Morgan fingerprint density at radius 1 is 1.22 bits per heavy atom. The average molecular weight is 389 g/mol. The number of rotatable bonds is 8. The molecule has 0 aliphatic carbocycles. The lowest BCUT2D eigenvalue weighted by molar-refractivity contribution is -0.227. The Labute approximate surface area is 154 Å². The summed E-state index contributed by atoms with van der Waals surface area (Å²) in [5.41, 5.74) is -2.88. The number of carbonyl (C=O) groups excluding carboxylic acids is 1. The van der Waals surface area contributed by atoms with Crippen molar-refractivity contribution in [2.24, 2.45) is 5.41 Å². The predicted molar refractivity (Wildman–Crippen MR) is 89.7 cm³/mol. The molecule has 1 aromatic carbocycles. The number of alkyl halides is 3. The van der Waals surface area contributed by atoms with Crippen LogP contribution in [0.1, 0.15) is 26.2 Å². The van der Waals surface area contributed by atoms with Gasteiger partial charge in [-0.05, 0) is 31.9 Å². The van der Waals surface area contributed by atoms with Crippen LogP contribution in [0, 0.1) is 5.41 Å². The van der Waals surface area contributed by atoms with Crippen molar-refractivity contribution in [2.75, 3.05) is 26.3 Å². The zero-order valence-corrected chi connectivity index (χ0v) is 14.9. The molecule has 0 saturated carbocycles. The molecule has 1 atom stereocenters. The van der Waals surface area contributed by atoms with Gasteiger partial charge in [0.05, 0.1) is 13.2 Å². The molecule has 1 aromatic rings. The number of hydrogen-bond acceptors (Lipinski definition) is 4. The molecule has 1 aliphatic rings. The zero-order chi connectivity index (χ0) is 20.1. The van der Waals surface area contributed by atoms with Gasteiger partial charge in [-0.15, -0.1) is 0 Å². The Kier molecular flexibility index (Phi) is 6.56. The monoisotopic (exact) mass is 389 g/mol. The van der Waals surface area contributed by atoms with E-state index in [-0.39, 0.29) is 19.6 Å². The maximum Gasteiger partial charge on any atom is 0.406 e. The lowest BCUT2D eigenvalue weighted by Gasteiger charge is -2.27. The number of carboxylic acid groups (broad SMARTS) is 1. The molecule has 0 spiro atoms. The third-order valence-corrected chi connectivity index (χ3v) is 4.52. The van der Waals surface area contributed by atoms with Crippen LogP contribution < -0.4 is 9.47 Å². The molecule has 0 aromatic heterocycles. The van der Waals surface area contributed by atoms with E-state index in [0.717, 1.165) is 4.90 Å². The van der Waals surface area contributed by atoms with Crippen molar-refractivity contribution >= 4 is 11.9 Å². The van der Waals surface area contributed by atoms with Gasteiger partial charge in [-0.1, -0.05) is 12.1 Å². The van der Waals surface area contributed by atoms with E-state index in [4.69, 9.17) is 14.6 Å². The normalized spacial score (nSPS) is 19.8. The molecule has 1 fully saturated rings. The fourth-order valence-corrected chi connectivity index (χ4v) is 2.96. The second kappa shape index (κ2) is 8.49. The van der Waals surface area contributed by atoms with Crippen molar-refractivity contribution in [1.82, 2.24) is 4.90 Å². The molecule has 1 unspecified atom stereocenters. The average Bonchev–Trinajstić information content (AvgIpc) is 3.07. The molecule has 1 heterocycles. The maximum atomic E-state index is 13.1. The largest absolute Gasteiger partial charge is 0.490 e. The van der Waals surface area contributed by atoms with Crippen molar-refractivity contribution < 1.29 is 37.3 Å². The van der Waals surface area contributed by atoms with Gasteiger partial charge in [-0.25, -0.2) is 0 Å². The second-order valence-electron chi connectivity index (χ2n) is 6.28. The standard InChI is InChI=1S/C18H22F3NO5/c1-2-26-13-6-3-4-7-14(13)27-11-5-8-15(23)22-10-9-17(12-22,16(24)25)18(19,20)21/h3-4,6-7H,2,5,8-12H2,1H3,(H,24,25). The van der Waals surface area contributed by atoms with Crippen molar-refractivity contribution in [1.29, 1.82) is 0 Å². The van der Waals surface area contributed by atoms with E-state index in [2.05, 4.69) is 0 Å². The van der Waals surface area contributed by atoms with Crippen LogP contribution in [-0.4, -0.2) is 54.4 Å². The van der Waals surface area contributed by atoms with E-state index in [1.165, 1.54) is 0 Å². The van der Waals surface area contributed by atoms with Crippen LogP contribution in [-0.2, 0) is 9.59 Å². The summed E-state index contributed by atoms with van der Waals surface area (Å²) in [5.74, 6) is -1.36. The molecule has 9 heteroatoms. The first-order valence-corrected chi connectivity index (χ1v) is 8.64. The van der Waals surface area contributed by atoms with Gasteiger partial charge in [0.15, 0.2) is 16.9 Å². The topological polar surface area (TPSA) is 76.1 Å². The molecule has 1 N–H and O–H groups in total. The summed E-state index contributed by atoms with van der Waals surface area (Å²) in [6.45, 7) is 1.42. The van der Waals surface area contributed by atoms with Crippen LogP contribution in [0.5, 0.6) is 11.5 Å². The van der Waals surface area contributed by atoms with Crippen LogP contribution in [0.2, 0.25) is 0 Å². The van der Waals surface area contributed by atoms with Gasteiger partial charge in [0, 0.05) is 19.5 Å². The van der Waals surface area contributed by atoms with Crippen LogP contribution in [0.15, 0.2) is 24.3 Å². The van der Waals surface area contributed by atoms with Crippen molar-refractivity contribution in [3.05, 3.63) is 24.3 Å². The fourth-order valence-electron chi connectivity index (χ4n) is 2.96. The smallest absolute Gasteiger partial charge is 0.406 e. The van der Waals surface area contributed by atoms with Crippen molar-refractivity contribution in [2.45, 2.75) is 32.4 Å². The molecule has 0 bridgehead atoms. The highest BCUT2D eigenvalue weighted by Gasteiger charge is 2.64. The van der Waals surface area contributed by atoms with E-state index in [1.807, 2.05) is 6.92 Å². The van der Waals surface area contributed by atoms with Crippen molar-refractivity contribution in [3.8, 4) is 11.5 Å². The first-order chi connectivity index (χ1) is 12.7. The number of carbonyl (C=O) groups is 2. The van der Waals surface area contributed by atoms with E-state index in [0.29, 0.717) is 24.5 Å². The fraction of sp³-hybridized carbons (Fsp3) is 0.556. The molecule has 6 nitrogen and oxygen atoms in total. The third kappa shape index (κ3) is 4.64. The summed E-state index contributed by atoms with van der Waals surface area (Å²) in [6.07, 6.45) is -5.26. The number of hydrogen-bond donors (Lipinski definition) is 1. The summed E-state index contributed by atoms with van der Waals surface area (Å²) in [6, 6.07) is 7.04. The van der Waals surface area contributed by atoms with Gasteiger partial charge < -0.3 is 19.5 Å². The van der Waals surface area contributed by atoms with Crippen LogP contribution in [0.3, 0.4) is 0 Å². The Morgan fingerprint density at radius 3 is 2.37 bits per heavy atom. The van der Waals surface area contributed by atoms with E-state index in [1.54, 1.807) is 24.3 Å². The van der Waals surface area contributed by atoms with E-state index >= 15 is 0 Å². The summed E-state index contributed by atoms with van der Waals surface area (Å²) in [5, 5.41) is 9.02. The van der Waals surface area contributed by atoms with Crippen LogP contribution in [0.25, 0.3) is 0 Å². The maximum absolute atomic E-state index is 13.1. The number of carboxylic acids is 1. The zero-order valence-electron chi connectivity index (χ0n) is 14.9. The van der Waals surface area contributed by atoms with Gasteiger partial charge in [-0.3, -0.25) is 9.59 Å². The number of nitrogens with zero attached hydrogens (tertiary/aromatic N) is 1. The number of amides is 1. The van der Waals surface area contributed by atoms with E-state index < -0.39 is 36.4 Å². The molecule has 1 saturated heterocycles. The molecular weight excluding hydrogens is 367 g/mol. The van der Waals surface area contributed by atoms with Crippen LogP contribution in [0.4, 0.5) is 13.2 Å². The minimum atomic E-state index is -4.90. The summed E-state index contributed by atoms with van der Waals surface area (Å²) in [7, 11) is 0. The molecule has 27 heavy (non-hydrogen) atoms. The number of halogens is 3. The van der Waals surface area contributed by atoms with Crippen LogP contribution >= 0.6 is 0 Å². The quantitative estimate of drug-likeness (QED) is 0.692. The molecule has 1 amide bonds. The SMILES string of the molecule is CCOc1ccccc1OCCCC(=O)N1CCC(C(=O)O)(C(F)(F)F)C1. The third-order valence-electron chi connectivity index (χ3n) is 4.52. The number of ether oxygens (including phenoxy) is 2. The predicted octanol–water partition coefficient (Wildman–Crippen LogP) is 3.11. The minimum Gasteiger partial charge on any atom is -0.490 e. The van der Waals surface area contributed by atoms with Gasteiger partial charge in [0.2, 0.25) is 5.91 Å². The number of para-hydroxylation sites is 2. The highest BCUT2D eigenvalue weighted by molar-refractivity contribution is 5.81. The van der Waals surface area contributed by atoms with Crippen molar-refractivity contribution in [3.63, 3.8) is 0 Å². The first-order valence-electron chi connectivity index (χ1n) is 8.64. The van der Waals surface area contributed by atoms with E-state index in [9.17, 15) is 22.8 Å². The number of benzene rings is 1. The number of aliphatic carboxylic acids is 1. The summed E-state index contributed by atoms with van der Waals surface area (Å²) in [4.78, 5) is 24.3. The lowest BCUT2D eigenvalue weighted by Crippen LogP contribution is -2.47. The highest BCUT2D eigenvalue weighted by atomic mass is 19.4. The Morgan fingerprint density at radius 2 is 1.85 bits per heavy atom. The second-order valence-corrected chi connectivity index (χ2v) is 6.28. The van der Waals surface area contributed by atoms with Gasteiger partial charge in [-0.2, -0.15) is 13.2 Å². The molecular formula is C18H22F3NO5. The molecule has 1 aliphatic heterocycles. The highest BCUT2D eigenvalue weighted by Crippen LogP contribution is 2.45. The Balaban J connectivity index is 1.84. The molecule has 150 valence electrons. The lowest BCUT2D eigenvalue weighted by atomic mass is 9.86. The van der Waals surface area contributed by atoms with Gasteiger partial charge >= 0.3 is 12.1 Å². The number of likely N-dealkylation sites (tertiary alicyclic amines) is 1. The summed E-state index contributed by atoms with van der Waals surface area (Å²) >= 11 is 0. The minimum absolute atomic E-state index is 0.0235. The molecule has 0 radical (unpaired) electrons. The summed E-state index contributed by atoms with van der Waals surface area (Å²) < 4.78 is 50.4.